The van der Waals surface area contributed by atoms with Gasteiger partial charge in [0.15, 0.2) is 0 Å². The molecule has 6 aliphatic rings. The van der Waals surface area contributed by atoms with Gasteiger partial charge in [0, 0.05) is 0 Å². The summed E-state index contributed by atoms with van der Waals surface area (Å²) in [6.45, 7) is 5.75. The number of hydrogen-bond donors (Lipinski definition) is 0. The topological polar surface area (TPSA) is 0 Å². The zero-order chi connectivity index (χ0) is 19.7. The zero-order valence-corrected chi connectivity index (χ0v) is 24.4. The Labute approximate surface area is 213 Å². The fourth-order valence-electron chi connectivity index (χ4n) is 8.46. The monoisotopic (exact) mass is 524 g/mol. The smallest absolute Gasteiger partial charge is 1.00 e. The van der Waals surface area contributed by atoms with Gasteiger partial charge >= 0.3 is 190 Å². The molecule has 0 bridgehead atoms. The molecule has 5 heteroatoms. The van der Waals surface area contributed by atoms with Crippen molar-refractivity contribution in [1.29, 1.82) is 0 Å². The van der Waals surface area contributed by atoms with Crippen molar-refractivity contribution >= 4 is 16.1 Å². The Morgan fingerprint density at radius 1 is 0.742 bits per heavy atom. The van der Waals surface area contributed by atoms with Crippen molar-refractivity contribution in [3.05, 3.63) is 47.6 Å². The van der Waals surface area contributed by atoms with Crippen molar-refractivity contribution in [3.63, 3.8) is 0 Å². The van der Waals surface area contributed by atoms with E-state index in [1.54, 1.807) is 49.9 Å². The fourth-order valence-corrected chi connectivity index (χ4v) is 27.8. The molecule has 2 saturated carbocycles. The molecule has 2 heterocycles. The summed E-state index contributed by atoms with van der Waals surface area (Å²) in [6.07, 6.45) is 27.3. The third-order valence-corrected chi connectivity index (χ3v) is 31.4. The van der Waals surface area contributed by atoms with Crippen molar-refractivity contribution < 1.29 is 44.0 Å². The molecule has 0 amide bonds. The van der Waals surface area contributed by atoms with E-state index in [2.05, 4.69) is 49.6 Å². The molecule has 4 fully saturated rings. The second-order valence-electron chi connectivity index (χ2n) is 11.8. The van der Waals surface area contributed by atoms with Crippen molar-refractivity contribution in [2.24, 2.45) is 11.8 Å². The molecule has 168 valence electrons. The first kappa shape index (κ1) is 24.8. The van der Waals surface area contributed by atoms with Gasteiger partial charge in [-0.15, -0.1) is 0 Å². The summed E-state index contributed by atoms with van der Waals surface area (Å²) in [5.74, 6) is 1.86. The molecule has 31 heavy (non-hydrogen) atoms. The largest absolute Gasteiger partial charge is 1.00 e. The Morgan fingerprint density at radius 3 is 1.52 bits per heavy atom. The second-order valence-corrected chi connectivity index (χ2v) is 26.4. The Kier molecular flexibility index (Phi) is 6.98. The molecule has 4 aliphatic carbocycles. The minimum absolute atomic E-state index is 0. The third kappa shape index (κ3) is 3.36. The van der Waals surface area contributed by atoms with Crippen LogP contribution in [0, 0.1) is 11.8 Å². The van der Waals surface area contributed by atoms with Crippen LogP contribution in [0.15, 0.2) is 47.6 Å². The van der Waals surface area contributed by atoms with Crippen LogP contribution < -0.4 is 24.8 Å². The molecule has 4 unspecified atom stereocenters. The first-order valence-corrected chi connectivity index (χ1v) is 19.9. The number of rotatable bonds is 4. The van der Waals surface area contributed by atoms with Gasteiger partial charge in [0.25, 0.3) is 0 Å². The van der Waals surface area contributed by atoms with Gasteiger partial charge < -0.3 is 24.8 Å². The number of allylic oxidation sites excluding steroid dienone is 8. The van der Waals surface area contributed by atoms with Crippen LogP contribution in [0.2, 0.25) is 44.0 Å². The molecular weight excluding hydrogens is 487 g/mol. The summed E-state index contributed by atoms with van der Waals surface area (Å²) in [5.41, 5.74) is 4.06. The maximum atomic E-state index is 2.88. The van der Waals surface area contributed by atoms with Crippen molar-refractivity contribution in [1.82, 2.24) is 0 Å². The van der Waals surface area contributed by atoms with Gasteiger partial charge in [0.1, 0.15) is 0 Å². The minimum Gasteiger partial charge on any atom is -1.00 e. The van der Waals surface area contributed by atoms with Crippen LogP contribution in [-0.4, -0.2) is 16.1 Å². The molecule has 0 N–H and O–H groups in total. The standard InChI is InChI=1S/2C13H19Si.2ClH.Ti/c2*1-14(9-4-10-14)13-8-7-11-5-2-3-6-12(11)13;;;/h2*2-3,6,11H,4-5,7-10H2,1H3;2*1H;/q;;;;+2/p-2. The van der Waals surface area contributed by atoms with Crippen molar-refractivity contribution in [2.75, 3.05) is 0 Å². The normalized spacial score (nSPS) is 40.6. The van der Waals surface area contributed by atoms with Gasteiger partial charge in [-0.25, -0.2) is 0 Å². The van der Waals surface area contributed by atoms with Crippen LogP contribution in [0.1, 0.15) is 51.4 Å². The fraction of sp³-hybridized carbons (Fsp3) is 0.692. The van der Waals surface area contributed by atoms with Gasteiger partial charge in [0.2, 0.25) is 0 Å². The zero-order valence-electron chi connectivity index (χ0n) is 19.4. The van der Waals surface area contributed by atoms with Gasteiger partial charge in [0.05, 0.1) is 0 Å². The summed E-state index contributed by atoms with van der Waals surface area (Å²) in [4.78, 5) is 0. The van der Waals surface area contributed by atoms with E-state index in [0.717, 1.165) is 18.5 Å². The number of hydrogen-bond acceptors (Lipinski definition) is 0. The molecular formula is C26H38Cl2Si2Ti. The molecule has 0 nitrogen and oxygen atoms in total. The minimum atomic E-state index is -1.13. The van der Waals surface area contributed by atoms with Crippen molar-refractivity contribution in [3.8, 4) is 0 Å². The van der Waals surface area contributed by atoms with E-state index in [1.807, 2.05) is 11.1 Å². The summed E-state index contributed by atoms with van der Waals surface area (Å²) in [6, 6.07) is 6.62. The first-order valence-electron chi connectivity index (χ1n) is 12.6. The molecule has 0 aromatic rings. The van der Waals surface area contributed by atoms with E-state index < -0.39 is 16.1 Å². The Balaban J connectivity index is 0.00000116. The quantitative estimate of drug-likeness (QED) is 0.493. The van der Waals surface area contributed by atoms with E-state index in [9.17, 15) is 0 Å². The van der Waals surface area contributed by atoms with E-state index >= 15 is 0 Å². The van der Waals surface area contributed by atoms with Gasteiger partial charge in [-0.05, 0) is 0 Å². The SMILES string of the molecule is C[Si]1([C]2([Ti+2][C]3([Si]4(C)CCC4)CCC4CC=CC=C43)CCC3CC=CC=C32)CCC1.[Cl-].[Cl-]. The van der Waals surface area contributed by atoms with E-state index in [0.29, 0.717) is 0 Å². The average molecular weight is 526 g/mol. The molecule has 2 aliphatic heterocycles. The Hall–Kier alpha value is 0.688. The van der Waals surface area contributed by atoms with E-state index in [-0.39, 0.29) is 44.0 Å². The average Bonchev–Trinajstić information content (AvgIpc) is 3.26. The molecule has 2 saturated heterocycles. The predicted molar refractivity (Wildman–Crippen MR) is 126 cm³/mol. The Bertz CT molecular complexity index is 770. The molecule has 0 radical (unpaired) electrons. The van der Waals surface area contributed by atoms with E-state index in [4.69, 9.17) is 0 Å². The van der Waals surface area contributed by atoms with Crippen LogP contribution in [0.5, 0.6) is 0 Å². The molecule has 0 aromatic heterocycles. The van der Waals surface area contributed by atoms with Crippen LogP contribution in [0.4, 0.5) is 0 Å². The predicted octanol–water partition coefficient (Wildman–Crippen LogP) is 2.03. The van der Waals surface area contributed by atoms with Crippen molar-refractivity contribution in [2.45, 2.75) is 95.3 Å². The Morgan fingerprint density at radius 2 is 1.16 bits per heavy atom. The van der Waals surface area contributed by atoms with Gasteiger partial charge in [-0.1, -0.05) is 0 Å². The van der Waals surface area contributed by atoms with Crippen LogP contribution in [0.3, 0.4) is 0 Å². The molecule has 0 aromatic carbocycles. The third-order valence-electron chi connectivity index (χ3n) is 10.7. The second kappa shape index (κ2) is 8.72. The maximum absolute atomic E-state index is 2.88. The summed E-state index contributed by atoms with van der Waals surface area (Å²) < 4.78 is 1.53. The molecule has 0 spiro atoms. The number of fused-ring (bicyclic) bond motifs is 2. The number of halogens is 2. The first-order chi connectivity index (χ1) is 14.0. The van der Waals surface area contributed by atoms with Crippen LogP contribution in [-0.2, 0) is 19.2 Å². The summed E-state index contributed by atoms with van der Waals surface area (Å²) in [5, 5.41) is 0. The van der Waals surface area contributed by atoms with Gasteiger partial charge in [-0.2, -0.15) is 0 Å². The van der Waals surface area contributed by atoms with Crippen LogP contribution >= 0.6 is 0 Å². The molecule has 4 atom stereocenters. The maximum Gasteiger partial charge on any atom is -1.00 e. The molecule has 6 rings (SSSR count). The summed E-state index contributed by atoms with van der Waals surface area (Å²) in [7, 11) is -2.26. The van der Waals surface area contributed by atoms with Crippen LogP contribution in [0.25, 0.3) is 0 Å². The summed E-state index contributed by atoms with van der Waals surface area (Å²) >= 11 is -0.0111. The van der Waals surface area contributed by atoms with E-state index in [1.165, 1.54) is 25.7 Å². The van der Waals surface area contributed by atoms with Gasteiger partial charge in [-0.3, -0.25) is 0 Å².